The Bertz CT molecular complexity index is 429. The quantitative estimate of drug-likeness (QED) is 0.773. The maximum absolute atomic E-state index is 13.4. The van der Waals surface area contributed by atoms with Gasteiger partial charge in [0, 0.05) is 24.2 Å². The molecule has 0 radical (unpaired) electrons. The normalized spacial score (nSPS) is 13.5. The van der Waals surface area contributed by atoms with Crippen LogP contribution < -0.4 is 5.32 Å². The minimum Gasteiger partial charge on any atom is -0.478 e. The Kier molecular flexibility index (Phi) is 4.84. The van der Waals surface area contributed by atoms with Gasteiger partial charge >= 0.3 is 5.97 Å². The Morgan fingerprint density at radius 1 is 1.53 bits per heavy atom. The maximum Gasteiger partial charge on any atom is 0.328 e. The van der Waals surface area contributed by atoms with Gasteiger partial charge in [-0.05, 0) is 19.9 Å². The van der Waals surface area contributed by atoms with Crippen LogP contribution in [-0.2, 0) is 4.79 Å². The van der Waals surface area contributed by atoms with E-state index >= 15 is 0 Å². The molecule has 2 N–H and O–H groups in total. The van der Waals surface area contributed by atoms with Gasteiger partial charge in [-0.1, -0.05) is 23.8 Å². The molecule has 0 aliphatic heterocycles. The van der Waals surface area contributed by atoms with E-state index in [0.717, 1.165) is 6.08 Å². The van der Waals surface area contributed by atoms with E-state index in [-0.39, 0.29) is 11.9 Å². The third-order valence-corrected chi connectivity index (χ3v) is 2.43. The highest BCUT2D eigenvalue weighted by Crippen LogP contribution is 2.15. The second-order valence-electron chi connectivity index (χ2n) is 3.95. The molecule has 0 saturated carbocycles. The number of hydrogen-bond acceptors (Lipinski definition) is 2. The molecule has 4 heteroatoms. The summed E-state index contributed by atoms with van der Waals surface area (Å²) in [5.41, 5.74) is 1.27. The highest BCUT2D eigenvalue weighted by molar-refractivity contribution is 5.80. The molecule has 3 nitrogen and oxygen atoms in total. The maximum atomic E-state index is 13.4. The van der Waals surface area contributed by atoms with E-state index in [4.69, 9.17) is 5.11 Å². The molecule has 0 fully saturated rings. The number of carboxylic acid groups (broad SMARTS) is 1. The van der Waals surface area contributed by atoms with E-state index in [0.29, 0.717) is 17.7 Å². The molecular weight excluding hydrogens is 221 g/mol. The first kappa shape index (κ1) is 13.4. The number of carboxylic acids is 1. The summed E-state index contributed by atoms with van der Waals surface area (Å²) >= 11 is 0. The average Bonchev–Trinajstić information content (AvgIpc) is 2.25. The van der Waals surface area contributed by atoms with E-state index in [9.17, 15) is 9.18 Å². The largest absolute Gasteiger partial charge is 0.478 e. The lowest BCUT2D eigenvalue weighted by Gasteiger charge is -2.15. The summed E-state index contributed by atoms with van der Waals surface area (Å²) in [4.78, 5) is 10.4. The van der Waals surface area contributed by atoms with E-state index in [1.807, 2.05) is 6.92 Å². The summed E-state index contributed by atoms with van der Waals surface area (Å²) in [6.07, 6.45) is 1.14. The Hall–Kier alpha value is -1.68. The van der Waals surface area contributed by atoms with E-state index in [1.165, 1.54) is 6.07 Å². The standard InChI is InChI=1S/C13H16FNO2/c1-9(7-13(16)17)8-15-10(2)11-5-3-4-6-12(11)14/h3-7,10,15H,8H2,1-2H3,(H,16,17)/b9-7+/t10-/m1/s1. The first-order chi connectivity index (χ1) is 8.00. The van der Waals surface area contributed by atoms with Crippen LogP contribution in [0.1, 0.15) is 25.5 Å². The number of benzene rings is 1. The molecule has 0 saturated heterocycles. The molecule has 0 aromatic heterocycles. The van der Waals surface area contributed by atoms with Crippen LogP contribution in [-0.4, -0.2) is 17.6 Å². The predicted molar refractivity (Wildman–Crippen MR) is 64.2 cm³/mol. The third-order valence-electron chi connectivity index (χ3n) is 2.43. The fourth-order valence-corrected chi connectivity index (χ4v) is 1.51. The lowest BCUT2D eigenvalue weighted by molar-refractivity contribution is -0.131. The van der Waals surface area contributed by atoms with Crippen LogP contribution in [0.2, 0.25) is 0 Å². The smallest absolute Gasteiger partial charge is 0.328 e. The number of aliphatic carboxylic acids is 1. The molecule has 0 heterocycles. The zero-order valence-electron chi connectivity index (χ0n) is 9.90. The number of nitrogens with one attached hydrogen (secondary N) is 1. The van der Waals surface area contributed by atoms with Crippen LogP contribution >= 0.6 is 0 Å². The van der Waals surface area contributed by atoms with Crippen molar-refractivity contribution in [2.45, 2.75) is 19.9 Å². The van der Waals surface area contributed by atoms with Crippen molar-refractivity contribution in [1.29, 1.82) is 0 Å². The van der Waals surface area contributed by atoms with Gasteiger partial charge in [0.25, 0.3) is 0 Å². The molecule has 92 valence electrons. The van der Waals surface area contributed by atoms with Crippen LogP contribution in [0.25, 0.3) is 0 Å². The van der Waals surface area contributed by atoms with Gasteiger partial charge in [-0.3, -0.25) is 0 Å². The van der Waals surface area contributed by atoms with Gasteiger partial charge in [0.05, 0.1) is 0 Å². The second-order valence-corrected chi connectivity index (χ2v) is 3.95. The molecular formula is C13H16FNO2. The van der Waals surface area contributed by atoms with E-state index in [1.54, 1.807) is 25.1 Å². The Labute approximate surface area is 100.0 Å². The minimum atomic E-state index is -0.970. The molecule has 0 aliphatic rings. The van der Waals surface area contributed by atoms with Gasteiger partial charge in [0.2, 0.25) is 0 Å². The van der Waals surface area contributed by atoms with Crippen LogP contribution in [0.4, 0.5) is 4.39 Å². The lowest BCUT2D eigenvalue weighted by atomic mass is 10.1. The fourth-order valence-electron chi connectivity index (χ4n) is 1.51. The molecule has 1 rings (SSSR count). The Morgan fingerprint density at radius 3 is 2.76 bits per heavy atom. The van der Waals surface area contributed by atoms with E-state index in [2.05, 4.69) is 5.32 Å². The van der Waals surface area contributed by atoms with Crippen molar-refractivity contribution in [3.8, 4) is 0 Å². The number of hydrogen-bond donors (Lipinski definition) is 2. The van der Waals surface area contributed by atoms with Crippen molar-refractivity contribution in [2.24, 2.45) is 0 Å². The molecule has 1 aromatic carbocycles. The SMILES string of the molecule is C/C(=C\C(=O)O)CN[C@H](C)c1ccccc1F. The molecule has 1 atom stereocenters. The van der Waals surface area contributed by atoms with Crippen LogP contribution in [0, 0.1) is 5.82 Å². The topological polar surface area (TPSA) is 49.3 Å². The summed E-state index contributed by atoms with van der Waals surface area (Å²) in [5, 5.41) is 11.6. The minimum absolute atomic E-state index is 0.159. The summed E-state index contributed by atoms with van der Waals surface area (Å²) in [7, 11) is 0. The van der Waals surface area contributed by atoms with E-state index < -0.39 is 5.97 Å². The first-order valence-electron chi connectivity index (χ1n) is 5.38. The van der Waals surface area contributed by atoms with Crippen LogP contribution in [0.15, 0.2) is 35.9 Å². The number of carbonyl (C=O) groups is 1. The Morgan fingerprint density at radius 2 is 2.18 bits per heavy atom. The molecule has 0 amide bonds. The van der Waals surface area contributed by atoms with Crippen molar-refractivity contribution in [2.75, 3.05) is 6.54 Å². The highest BCUT2D eigenvalue weighted by atomic mass is 19.1. The third kappa shape index (κ3) is 4.36. The lowest BCUT2D eigenvalue weighted by Crippen LogP contribution is -2.21. The summed E-state index contributed by atoms with van der Waals surface area (Å²) in [6, 6.07) is 6.38. The monoisotopic (exact) mass is 237 g/mol. The van der Waals surface area contributed by atoms with Crippen molar-refractivity contribution in [3.63, 3.8) is 0 Å². The molecule has 0 bridgehead atoms. The van der Waals surface area contributed by atoms with Crippen LogP contribution in [0.5, 0.6) is 0 Å². The van der Waals surface area contributed by atoms with Crippen molar-refractivity contribution >= 4 is 5.97 Å². The second kappa shape index (κ2) is 6.15. The summed E-state index contributed by atoms with van der Waals surface area (Å²) < 4.78 is 13.4. The van der Waals surface area contributed by atoms with Gasteiger partial charge in [-0.25, -0.2) is 9.18 Å². The van der Waals surface area contributed by atoms with Crippen molar-refractivity contribution in [3.05, 3.63) is 47.3 Å². The van der Waals surface area contributed by atoms with Gasteiger partial charge < -0.3 is 10.4 Å². The molecule has 17 heavy (non-hydrogen) atoms. The van der Waals surface area contributed by atoms with Gasteiger partial charge in [-0.15, -0.1) is 0 Å². The van der Waals surface area contributed by atoms with Gasteiger partial charge in [0.1, 0.15) is 5.82 Å². The van der Waals surface area contributed by atoms with Crippen LogP contribution in [0.3, 0.4) is 0 Å². The zero-order chi connectivity index (χ0) is 12.8. The fraction of sp³-hybridized carbons (Fsp3) is 0.308. The molecule has 0 unspecified atom stereocenters. The summed E-state index contributed by atoms with van der Waals surface area (Å²) in [6.45, 7) is 3.98. The number of rotatable bonds is 5. The Balaban J connectivity index is 2.59. The van der Waals surface area contributed by atoms with Crippen molar-refractivity contribution < 1.29 is 14.3 Å². The first-order valence-corrected chi connectivity index (χ1v) is 5.38. The zero-order valence-corrected chi connectivity index (χ0v) is 9.90. The van der Waals surface area contributed by atoms with Gasteiger partial charge in [-0.2, -0.15) is 0 Å². The number of halogens is 1. The summed E-state index contributed by atoms with van der Waals surface area (Å²) in [5.74, 6) is -1.23. The average molecular weight is 237 g/mol. The molecule has 0 spiro atoms. The predicted octanol–water partition coefficient (Wildman–Crippen LogP) is 2.51. The molecule has 1 aromatic rings. The molecule has 0 aliphatic carbocycles. The highest BCUT2D eigenvalue weighted by Gasteiger charge is 2.09. The van der Waals surface area contributed by atoms with Crippen molar-refractivity contribution in [1.82, 2.24) is 5.32 Å². The van der Waals surface area contributed by atoms with Gasteiger partial charge in [0.15, 0.2) is 0 Å².